The number of hydrogen-bond acceptors (Lipinski definition) is 11. The zero-order valence-corrected chi connectivity index (χ0v) is 20.0. The topological polar surface area (TPSA) is 145 Å². The van der Waals surface area contributed by atoms with E-state index >= 15 is 0 Å². The monoisotopic (exact) mass is 508 g/mol. The van der Waals surface area contributed by atoms with Gasteiger partial charge in [0, 0.05) is 5.02 Å². The highest BCUT2D eigenvalue weighted by Crippen LogP contribution is 2.59. The largest absolute Gasteiger partial charge is 0.530 e. The average Bonchev–Trinajstić information content (AvgIpc) is 3.34. The van der Waals surface area contributed by atoms with Crippen LogP contribution >= 0.6 is 19.4 Å². The Morgan fingerprint density at radius 3 is 2.85 bits per heavy atom. The van der Waals surface area contributed by atoms with E-state index in [4.69, 9.17) is 40.4 Å². The molecule has 0 saturated carbocycles. The lowest BCUT2D eigenvalue weighted by Gasteiger charge is -2.35. The van der Waals surface area contributed by atoms with Gasteiger partial charge in [0.15, 0.2) is 17.4 Å². The molecule has 2 saturated heterocycles. The standard InChI is InChI=1S/C20H22ClN6O6P/c1-4-29-17-14-16(25-19(22)26-17)27(10-24-14)18-20(2,23-3)15-13(31-18)9-30-34(28,33-15)32-12-7-5-11(21)6-8-12/h5-8,10,13,15,18H,3-4,9H2,1-2H3,(H2,22,25,26)/t13-,15-,18-,20-,34?/m1/s1. The fraction of sp³-hybridized carbons (Fsp3) is 0.400. The molecule has 0 spiro atoms. The van der Waals surface area contributed by atoms with Crippen molar-refractivity contribution in [2.24, 2.45) is 4.99 Å². The Balaban J connectivity index is 1.48. The van der Waals surface area contributed by atoms with E-state index in [1.807, 2.05) is 6.92 Å². The highest BCUT2D eigenvalue weighted by molar-refractivity contribution is 7.49. The van der Waals surface area contributed by atoms with Crippen molar-refractivity contribution in [3.8, 4) is 11.6 Å². The second-order valence-electron chi connectivity index (χ2n) is 7.87. The number of ether oxygens (including phenoxy) is 2. The van der Waals surface area contributed by atoms with E-state index in [1.54, 1.807) is 35.8 Å². The van der Waals surface area contributed by atoms with Crippen LogP contribution in [0.25, 0.3) is 11.2 Å². The maximum absolute atomic E-state index is 13.3. The minimum Gasteiger partial charge on any atom is -0.476 e. The normalized spacial score (nSPS) is 30.7. The number of fused-ring (bicyclic) bond motifs is 2. The van der Waals surface area contributed by atoms with Gasteiger partial charge in [-0.05, 0) is 44.8 Å². The molecule has 2 aromatic heterocycles. The molecular weight excluding hydrogens is 487 g/mol. The lowest BCUT2D eigenvalue weighted by Crippen LogP contribution is -2.46. The number of nitrogen functional groups attached to an aromatic ring is 1. The Bertz CT molecular complexity index is 1290. The number of phosphoric ester groups is 1. The molecule has 0 aliphatic carbocycles. The molecule has 180 valence electrons. The second kappa shape index (κ2) is 8.47. The number of phosphoric acid groups is 1. The lowest BCUT2D eigenvalue weighted by atomic mass is 9.93. The Morgan fingerprint density at radius 2 is 2.15 bits per heavy atom. The molecular formula is C20H22ClN6O6P. The summed E-state index contributed by atoms with van der Waals surface area (Å²) >= 11 is 5.91. The second-order valence-corrected chi connectivity index (χ2v) is 9.85. The Kier molecular flexibility index (Phi) is 5.73. The van der Waals surface area contributed by atoms with Crippen LogP contribution in [-0.4, -0.2) is 57.2 Å². The molecule has 3 aromatic rings. The maximum Gasteiger partial charge on any atom is 0.530 e. The van der Waals surface area contributed by atoms with Crippen molar-refractivity contribution in [1.29, 1.82) is 0 Å². The van der Waals surface area contributed by atoms with Gasteiger partial charge in [-0.25, -0.2) is 9.55 Å². The molecule has 0 bridgehead atoms. The van der Waals surface area contributed by atoms with Gasteiger partial charge < -0.3 is 19.7 Å². The van der Waals surface area contributed by atoms with Crippen LogP contribution in [0.1, 0.15) is 20.1 Å². The van der Waals surface area contributed by atoms with Gasteiger partial charge in [0.1, 0.15) is 23.5 Å². The number of hydrogen-bond donors (Lipinski definition) is 1. The number of halogens is 1. The van der Waals surface area contributed by atoms with Crippen molar-refractivity contribution in [1.82, 2.24) is 19.5 Å². The van der Waals surface area contributed by atoms with Gasteiger partial charge in [-0.15, -0.1) is 0 Å². The van der Waals surface area contributed by atoms with E-state index in [2.05, 4.69) is 26.7 Å². The number of nitrogens with zero attached hydrogens (tertiary/aromatic N) is 5. The van der Waals surface area contributed by atoms with E-state index in [-0.39, 0.29) is 24.2 Å². The van der Waals surface area contributed by atoms with Crippen molar-refractivity contribution in [2.45, 2.75) is 37.8 Å². The third-order valence-electron chi connectivity index (χ3n) is 5.67. The number of benzene rings is 1. The molecule has 1 unspecified atom stereocenters. The van der Waals surface area contributed by atoms with E-state index in [1.165, 1.54) is 6.33 Å². The van der Waals surface area contributed by atoms with Gasteiger partial charge in [0.05, 0.1) is 19.5 Å². The van der Waals surface area contributed by atoms with Crippen LogP contribution in [0.5, 0.6) is 11.6 Å². The Labute approximate surface area is 199 Å². The maximum atomic E-state index is 13.3. The van der Waals surface area contributed by atoms with Crippen LogP contribution in [0.4, 0.5) is 5.95 Å². The van der Waals surface area contributed by atoms with Crippen LogP contribution in [0.2, 0.25) is 5.02 Å². The molecule has 2 aliphatic rings. The van der Waals surface area contributed by atoms with Crippen molar-refractivity contribution < 1.29 is 27.6 Å². The highest BCUT2D eigenvalue weighted by atomic mass is 35.5. The first-order chi connectivity index (χ1) is 16.3. The van der Waals surface area contributed by atoms with Crippen LogP contribution in [-0.2, 0) is 18.3 Å². The summed E-state index contributed by atoms with van der Waals surface area (Å²) in [5.41, 5.74) is 5.58. The van der Waals surface area contributed by atoms with Gasteiger partial charge in [-0.2, -0.15) is 9.97 Å². The van der Waals surface area contributed by atoms with Crippen LogP contribution in [0, 0.1) is 0 Å². The highest BCUT2D eigenvalue weighted by Gasteiger charge is 2.61. The summed E-state index contributed by atoms with van der Waals surface area (Å²) < 4.78 is 43.6. The predicted molar refractivity (Wildman–Crippen MR) is 123 cm³/mol. The van der Waals surface area contributed by atoms with Gasteiger partial charge in [-0.3, -0.25) is 18.6 Å². The summed E-state index contributed by atoms with van der Waals surface area (Å²) in [6.07, 6.45) is -0.666. The average molecular weight is 509 g/mol. The smallest absolute Gasteiger partial charge is 0.476 e. The molecule has 14 heteroatoms. The first-order valence-corrected chi connectivity index (χ1v) is 12.2. The van der Waals surface area contributed by atoms with Gasteiger partial charge in [-0.1, -0.05) is 11.6 Å². The number of imidazole rings is 1. The first-order valence-electron chi connectivity index (χ1n) is 10.4. The fourth-order valence-corrected chi connectivity index (χ4v) is 5.65. The van der Waals surface area contributed by atoms with Crippen molar-refractivity contribution in [3.05, 3.63) is 35.6 Å². The minimum absolute atomic E-state index is 0.0156. The number of aromatic nitrogens is 4. The predicted octanol–water partition coefficient (Wildman–Crippen LogP) is 3.42. The molecule has 2 fully saturated rings. The molecule has 2 N–H and O–H groups in total. The van der Waals surface area contributed by atoms with E-state index in [9.17, 15) is 4.57 Å². The van der Waals surface area contributed by atoms with E-state index in [0.717, 1.165) is 0 Å². The van der Waals surface area contributed by atoms with Crippen LogP contribution in [0.3, 0.4) is 0 Å². The van der Waals surface area contributed by atoms with Gasteiger partial charge in [0.25, 0.3) is 0 Å². The number of rotatable bonds is 6. The minimum atomic E-state index is -3.99. The Morgan fingerprint density at radius 1 is 1.38 bits per heavy atom. The quantitative estimate of drug-likeness (QED) is 0.388. The first kappa shape index (κ1) is 23.0. The third kappa shape index (κ3) is 3.81. The van der Waals surface area contributed by atoms with Crippen LogP contribution < -0.4 is 15.0 Å². The summed E-state index contributed by atoms with van der Waals surface area (Å²) in [7, 11) is -3.99. The summed E-state index contributed by atoms with van der Waals surface area (Å²) in [4.78, 5) is 17.1. The lowest BCUT2D eigenvalue weighted by molar-refractivity contribution is -0.0649. The van der Waals surface area contributed by atoms with Crippen LogP contribution in [0.15, 0.2) is 35.6 Å². The number of anilines is 1. The zero-order valence-electron chi connectivity index (χ0n) is 18.3. The molecule has 0 radical (unpaired) electrons. The molecule has 2 aliphatic heterocycles. The van der Waals surface area contributed by atoms with Crippen molar-refractivity contribution in [3.63, 3.8) is 0 Å². The Hall–Kier alpha value is -2.76. The van der Waals surface area contributed by atoms with E-state index in [0.29, 0.717) is 22.8 Å². The van der Waals surface area contributed by atoms with Crippen molar-refractivity contribution >= 4 is 43.3 Å². The zero-order chi connectivity index (χ0) is 24.1. The molecule has 0 amide bonds. The third-order valence-corrected chi connectivity index (χ3v) is 7.31. The molecule has 5 rings (SSSR count). The van der Waals surface area contributed by atoms with E-state index < -0.39 is 31.8 Å². The molecule has 34 heavy (non-hydrogen) atoms. The fourth-order valence-electron chi connectivity index (χ4n) is 4.03. The van der Waals surface area contributed by atoms with Gasteiger partial charge >= 0.3 is 7.82 Å². The van der Waals surface area contributed by atoms with Crippen molar-refractivity contribution in [2.75, 3.05) is 18.9 Å². The summed E-state index contributed by atoms with van der Waals surface area (Å²) in [5.74, 6) is 0.556. The molecule has 12 nitrogen and oxygen atoms in total. The molecule has 4 heterocycles. The summed E-state index contributed by atoms with van der Waals surface area (Å²) in [5, 5.41) is 0.510. The summed E-state index contributed by atoms with van der Waals surface area (Å²) in [6.45, 7) is 7.66. The SMILES string of the molecule is C=N[C@]1(C)[C@@H]2OP(=O)(Oc3ccc(Cl)cc3)OC[C@H]2O[C@H]1n1cnc2c(OCC)nc(N)nc21. The molecule has 5 atom stereocenters. The molecule has 1 aromatic carbocycles. The number of aliphatic imine (C=N–C) groups is 1. The summed E-state index contributed by atoms with van der Waals surface area (Å²) in [6, 6.07) is 6.34. The number of nitrogens with two attached hydrogens (primary N) is 1. The van der Waals surface area contributed by atoms with Gasteiger partial charge in [0.2, 0.25) is 11.8 Å².